The number of hydrogen-bond donors (Lipinski definition) is 3. The first-order valence-corrected chi connectivity index (χ1v) is 3.89. The highest BCUT2D eigenvalue weighted by Crippen LogP contribution is 2.03. The van der Waals surface area contributed by atoms with E-state index in [2.05, 4.69) is 17.9 Å². The van der Waals surface area contributed by atoms with Crippen molar-refractivity contribution in [3.63, 3.8) is 0 Å². The minimum Gasteiger partial charge on any atom is -0.387 e. The lowest BCUT2D eigenvalue weighted by atomic mass is 10.5. The summed E-state index contributed by atoms with van der Waals surface area (Å²) >= 11 is 3.91. The number of rotatable bonds is 2. The van der Waals surface area contributed by atoms with Crippen LogP contribution < -0.4 is 5.32 Å². The summed E-state index contributed by atoms with van der Waals surface area (Å²) in [5.41, 5.74) is 0. The van der Waals surface area contributed by atoms with E-state index < -0.39 is 23.9 Å². The van der Waals surface area contributed by atoms with Gasteiger partial charge >= 0.3 is 6.03 Å². The first kappa shape index (κ1) is 11.2. The van der Waals surface area contributed by atoms with Gasteiger partial charge in [-0.15, -0.1) is 0 Å². The van der Waals surface area contributed by atoms with Crippen LogP contribution in [0.15, 0.2) is 0 Å². The highest BCUT2D eigenvalue weighted by molar-refractivity contribution is 7.80. The van der Waals surface area contributed by atoms with E-state index in [-0.39, 0.29) is 0 Å². The van der Waals surface area contributed by atoms with E-state index in [0.717, 1.165) is 4.90 Å². The molecular formula is C6H12N2O3S. The van der Waals surface area contributed by atoms with Gasteiger partial charge in [0.15, 0.2) is 0 Å². The van der Waals surface area contributed by atoms with Gasteiger partial charge in [0, 0.05) is 7.05 Å². The van der Waals surface area contributed by atoms with Gasteiger partial charge < -0.3 is 10.4 Å². The highest BCUT2D eigenvalue weighted by Gasteiger charge is 2.22. The Morgan fingerprint density at radius 2 is 2.17 bits per heavy atom. The molecule has 0 aromatic rings. The molecule has 6 heteroatoms. The van der Waals surface area contributed by atoms with E-state index in [1.807, 2.05) is 0 Å². The molecule has 3 amide bonds. The molecule has 0 fully saturated rings. The number of urea groups is 1. The number of thiol groups is 1. The summed E-state index contributed by atoms with van der Waals surface area (Å²) in [6.07, 6.45) is 0. The van der Waals surface area contributed by atoms with Gasteiger partial charge in [-0.05, 0) is 6.92 Å². The normalized spacial score (nSPS) is 12.0. The van der Waals surface area contributed by atoms with Crippen molar-refractivity contribution < 1.29 is 14.7 Å². The summed E-state index contributed by atoms with van der Waals surface area (Å²) < 4.78 is 0. The van der Waals surface area contributed by atoms with Crippen molar-refractivity contribution in [2.75, 3.05) is 13.7 Å². The molecule has 0 saturated heterocycles. The number of hydrogen-bond acceptors (Lipinski definition) is 4. The van der Waals surface area contributed by atoms with Gasteiger partial charge in [0.25, 0.3) is 5.91 Å². The summed E-state index contributed by atoms with van der Waals surface area (Å²) in [5, 5.41) is 10.2. The van der Waals surface area contributed by atoms with Gasteiger partial charge in [0.1, 0.15) is 6.61 Å². The van der Waals surface area contributed by atoms with Crippen LogP contribution in [-0.2, 0) is 4.79 Å². The molecule has 70 valence electrons. The van der Waals surface area contributed by atoms with E-state index in [9.17, 15) is 9.59 Å². The highest BCUT2D eigenvalue weighted by atomic mass is 32.1. The number of aliphatic hydroxyl groups excluding tert-OH is 1. The molecule has 0 saturated carbocycles. The summed E-state index contributed by atoms with van der Waals surface area (Å²) in [7, 11) is 1.40. The van der Waals surface area contributed by atoms with E-state index in [1.165, 1.54) is 7.05 Å². The third-order valence-corrected chi connectivity index (χ3v) is 1.44. The molecule has 1 unspecified atom stereocenters. The summed E-state index contributed by atoms with van der Waals surface area (Å²) in [5.74, 6) is -0.670. The van der Waals surface area contributed by atoms with Crippen molar-refractivity contribution in [1.29, 1.82) is 0 Å². The maximum Gasteiger partial charge on any atom is 0.324 e. The fraction of sp³-hybridized carbons (Fsp3) is 0.667. The zero-order valence-corrected chi connectivity index (χ0v) is 7.84. The summed E-state index contributed by atoms with van der Waals surface area (Å²) in [6.45, 7) is 0.865. The molecule has 5 nitrogen and oxygen atoms in total. The smallest absolute Gasteiger partial charge is 0.324 e. The fourth-order valence-electron chi connectivity index (χ4n) is 0.688. The SMILES string of the molecule is CNC(=O)N(C(=O)CO)C(C)S. The molecular weight excluding hydrogens is 180 g/mol. The van der Waals surface area contributed by atoms with Crippen LogP contribution >= 0.6 is 12.6 Å². The van der Waals surface area contributed by atoms with Gasteiger partial charge in [-0.1, -0.05) is 0 Å². The van der Waals surface area contributed by atoms with Crippen LogP contribution in [0.1, 0.15) is 6.92 Å². The second-order valence-corrected chi connectivity index (χ2v) is 2.86. The van der Waals surface area contributed by atoms with Crippen LogP contribution in [0, 0.1) is 0 Å². The van der Waals surface area contributed by atoms with Crippen molar-refractivity contribution in [3.05, 3.63) is 0 Å². The summed E-state index contributed by atoms with van der Waals surface area (Å²) in [6, 6.07) is -0.573. The Hall–Kier alpha value is -0.750. The molecule has 0 spiro atoms. The van der Waals surface area contributed by atoms with Crippen LogP contribution in [0.3, 0.4) is 0 Å². The van der Waals surface area contributed by atoms with Crippen LogP contribution in [0.4, 0.5) is 4.79 Å². The number of nitrogens with one attached hydrogen (secondary N) is 1. The number of aliphatic hydroxyl groups is 1. The molecule has 12 heavy (non-hydrogen) atoms. The molecule has 0 aromatic heterocycles. The Bertz CT molecular complexity index is 168. The van der Waals surface area contributed by atoms with Crippen molar-refractivity contribution >= 4 is 24.6 Å². The Kier molecular flexibility index (Phi) is 4.68. The molecule has 0 aliphatic heterocycles. The largest absolute Gasteiger partial charge is 0.387 e. The average Bonchev–Trinajstić information content (AvgIpc) is 2.03. The quantitative estimate of drug-likeness (QED) is 0.405. The minimum absolute atomic E-state index is 0.551. The van der Waals surface area contributed by atoms with Crippen molar-refractivity contribution in [3.8, 4) is 0 Å². The lowest BCUT2D eigenvalue weighted by Crippen LogP contribution is -2.46. The molecule has 0 rings (SSSR count). The Balaban J connectivity index is 4.43. The Morgan fingerprint density at radius 3 is 2.42 bits per heavy atom. The van der Waals surface area contributed by atoms with Crippen LogP contribution in [0.5, 0.6) is 0 Å². The predicted molar refractivity (Wildman–Crippen MR) is 46.8 cm³/mol. The number of imide groups is 1. The topological polar surface area (TPSA) is 69.6 Å². The van der Waals surface area contributed by atoms with E-state index in [1.54, 1.807) is 6.92 Å². The molecule has 2 N–H and O–H groups in total. The van der Waals surface area contributed by atoms with E-state index in [4.69, 9.17) is 5.11 Å². The monoisotopic (exact) mass is 192 g/mol. The van der Waals surface area contributed by atoms with E-state index >= 15 is 0 Å². The zero-order valence-electron chi connectivity index (χ0n) is 6.94. The lowest BCUT2D eigenvalue weighted by Gasteiger charge is -2.22. The third kappa shape index (κ3) is 2.71. The molecule has 0 aliphatic carbocycles. The van der Waals surface area contributed by atoms with Gasteiger partial charge in [0.05, 0.1) is 5.37 Å². The fourth-order valence-corrected chi connectivity index (χ4v) is 0.922. The van der Waals surface area contributed by atoms with Crippen molar-refractivity contribution in [2.45, 2.75) is 12.3 Å². The molecule has 0 aliphatic rings. The van der Waals surface area contributed by atoms with Gasteiger partial charge in [0.2, 0.25) is 0 Å². The standard InChI is InChI=1S/C6H12N2O3S/c1-4(12)8(5(10)3-9)6(11)7-2/h4,9,12H,3H2,1-2H3,(H,7,11). The van der Waals surface area contributed by atoms with Gasteiger partial charge in [-0.2, -0.15) is 12.6 Å². The molecule has 0 aromatic carbocycles. The first-order valence-electron chi connectivity index (χ1n) is 3.37. The maximum atomic E-state index is 11.0. The number of amides is 3. The maximum absolute atomic E-state index is 11.0. The molecule has 0 bridgehead atoms. The number of carbonyl (C=O) groups excluding carboxylic acids is 2. The first-order chi connectivity index (χ1) is 5.54. The molecule has 1 atom stereocenters. The number of carbonyl (C=O) groups is 2. The lowest BCUT2D eigenvalue weighted by molar-refractivity contribution is -0.131. The van der Waals surface area contributed by atoms with E-state index in [0.29, 0.717) is 0 Å². The third-order valence-electron chi connectivity index (χ3n) is 1.21. The Labute approximate surface area is 76.1 Å². The van der Waals surface area contributed by atoms with Crippen LogP contribution in [0.25, 0.3) is 0 Å². The Morgan fingerprint density at radius 1 is 1.67 bits per heavy atom. The molecule has 0 heterocycles. The number of nitrogens with zero attached hydrogens (tertiary/aromatic N) is 1. The van der Waals surface area contributed by atoms with Crippen LogP contribution in [0.2, 0.25) is 0 Å². The minimum atomic E-state index is -0.696. The summed E-state index contributed by atoms with van der Waals surface area (Å²) in [4.78, 5) is 22.7. The zero-order chi connectivity index (χ0) is 9.72. The predicted octanol–water partition coefficient (Wildman–Crippen LogP) is -0.577. The second kappa shape index (κ2) is 5.00. The van der Waals surface area contributed by atoms with Crippen molar-refractivity contribution in [1.82, 2.24) is 10.2 Å². The molecule has 0 radical (unpaired) electrons. The average molecular weight is 192 g/mol. The van der Waals surface area contributed by atoms with Crippen LogP contribution in [-0.4, -0.2) is 41.0 Å². The second-order valence-electron chi connectivity index (χ2n) is 2.11. The van der Waals surface area contributed by atoms with Gasteiger partial charge in [-0.3, -0.25) is 9.69 Å². The van der Waals surface area contributed by atoms with Crippen molar-refractivity contribution in [2.24, 2.45) is 0 Å². The van der Waals surface area contributed by atoms with Gasteiger partial charge in [-0.25, -0.2) is 4.79 Å².